The highest BCUT2D eigenvalue weighted by molar-refractivity contribution is 5.97. The summed E-state index contributed by atoms with van der Waals surface area (Å²) in [6, 6.07) is 12.0. The first-order valence-electron chi connectivity index (χ1n) is 11.8. The van der Waals surface area contributed by atoms with Gasteiger partial charge >= 0.3 is 6.09 Å². The SMILES string of the molecule is CCNC(=O)c1ccc(C)c(-c2ccc3c(N4CCN(C(=O)OC(C)(C)C)CC4)n[nH]c3c2)c1. The van der Waals surface area contributed by atoms with E-state index in [1.165, 1.54) is 0 Å². The normalized spacial score (nSPS) is 14.4. The van der Waals surface area contributed by atoms with Gasteiger partial charge in [0.2, 0.25) is 0 Å². The Morgan fingerprint density at radius 3 is 2.50 bits per heavy atom. The number of hydrogen-bond donors (Lipinski definition) is 2. The van der Waals surface area contributed by atoms with Crippen LogP contribution < -0.4 is 10.2 Å². The lowest BCUT2D eigenvalue weighted by molar-refractivity contribution is 0.0240. The van der Waals surface area contributed by atoms with Gasteiger partial charge in [-0.25, -0.2) is 4.79 Å². The molecule has 1 aromatic heterocycles. The van der Waals surface area contributed by atoms with Crippen LogP contribution in [0.3, 0.4) is 0 Å². The number of fused-ring (bicyclic) bond motifs is 1. The van der Waals surface area contributed by atoms with Gasteiger partial charge in [-0.3, -0.25) is 9.89 Å². The average molecular weight is 464 g/mol. The summed E-state index contributed by atoms with van der Waals surface area (Å²) in [6.45, 7) is 12.7. The molecule has 2 heterocycles. The van der Waals surface area contributed by atoms with Crippen molar-refractivity contribution >= 4 is 28.7 Å². The molecule has 1 aliphatic heterocycles. The fourth-order valence-corrected chi connectivity index (χ4v) is 4.18. The monoisotopic (exact) mass is 463 g/mol. The molecule has 0 radical (unpaired) electrons. The Labute approximate surface area is 200 Å². The fourth-order valence-electron chi connectivity index (χ4n) is 4.18. The number of aromatic nitrogens is 2. The Bertz CT molecular complexity index is 1200. The fraction of sp³-hybridized carbons (Fsp3) is 0.423. The summed E-state index contributed by atoms with van der Waals surface area (Å²) in [5, 5.41) is 11.6. The van der Waals surface area contributed by atoms with E-state index in [9.17, 15) is 9.59 Å². The van der Waals surface area contributed by atoms with Gasteiger partial charge < -0.3 is 19.9 Å². The van der Waals surface area contributed by atoms with Crippen LogP contribution in [0.2, 0.25) is 0 Å². The van der Waals surface area contributed by atoms with Crippen molar-refractivity contribution in [2.45, 2.75) is 40.2 Å². The minimum Gasteiger partial charge on any atom is -0.444 e. The van der Waals surface area contributed by atoms with E-state index >= 15 is 0 Å². The van der Waals surface area contributed by atoms with Crippen LogP contribution in [-0.4, -0.2) is 65.4 Å². The molecule has 0 saturated carbocycles. The number of nitrogens with one attached hydrogen (secondary N) is 2. The number of rotatable bonds is 4. The van der Waals surface area contributed by atoms with E-state index < -0.39 is 5.60 Å². The van der Waals surface area contributed by atoms with Crippen molar-refractivity contribution in [2.24, 2.45) is 0 Å². The molecule has 1 saturated heterocycles. The summed E-state index contributed by atoms with van der Waals surface area (Å²) in [7, 11) is 0. The van der Waals surface area contributed by atoms with Gasteiger partial charge in [-0.1, -0.05) is 12.1 Å². The number of carbonyl (C=O) groups excluding carboxylic acids is 2. The summed E-state index contributed by atoms with van der Waals surface area (Å²) >= 11 is 0. The Hall–Kier alpha value is -3.55. The number of hydrogen-bond acceptors (Lipinski definition) is 5. The summed E-state index contributed by atoms with van der Waals surface area (Å²) in [4.78, 5) is 28.6. The molecule has 0 aliphatic carbocycles. The molecule has 8 nitrogen and oxygen atoms in total. The number of aryl methyl sites for hydroxylation is 1. The van der Waals surface area contributed by atoms with Gasteiger partial charge in [-0.05, 0) is 75.6 Å². The molecule has 0 bridgehead atoms. The van der Waals surface area contributed by atoms with Crippen molar-refractivity contribution in [2.75, 3.05) is 37.6 Å². The molecule has 2 aromatic carbocycles. The number of piperazine rings is 1. The number of H-pyrrole nitrogens is 1. The van der Waals surface area contributed by atoms with E-state index in [4.69, 9.17) is 4.74 Å². The maximum Gasteiger partial charge on any atom is 0.410 e. The molecule has 3 aromatic rings. The Morgan fingerprint density at radius 1 is 1.09 bits per heavy atom. The largest absolute Gasteiger partial charge is 0.444 e. The predicted molar refractivity (Wildman–Crippen MR) is 134 cm³/mol. The van der Waals surface area contributed by atoms with Gasteiger partial charge in [0, 0.05) is 43.7 Å². The molecule has 0 spiro atoms. The number of benzene rings is 2. The number of amides is 2. The van der Waals surface area contributed by atoms with Gasteiger partial charge in [0.15, 0.2) is 5.82 Å². The topological polar surface area (TPSA) is 90.6 Å². The highest BCUT2D eigenvalue weighted by Crippen LogP contribution is 2.31. The maximum absolute atomic E-state index is 12.4. The van der Waals surface area contributed by atoms with Crippen LogP contribution in [0.5, 0.6) is 0 Å². The van der Waals surface area contributed by atoms with Crippen molar-refractivity contribution in [3.05, 3.63) is 47.5 Å². The van der Waals surface area contributed by atoms with Crippen LogP contribution in [0.15, 0.2) is 36.4 Å². The van der Waals surface area contributed by atoms with Crippen molar-refractivity contribution in [1.82, 2.24) is 20.4 Å². The minimum atomic E-state index is -0.498. The number of ether oxygens (including phenoxy) is 1. The van der Waals surface area contributed by atoms with E-state index in [1.807, 2.05) is 52.8 Å². The number of carbonyl (C=O) groups is 2. The van der Waals surface area contributed by atoms with Crippen LogP contribution >= 0.6 is 0 Å². The van der Waals surface area contributed by atoms with Crippen LogP contribution in [0.25, 0.3) is 22.0 Å². The number of nitrogens with zero attached hydrogens (tertiary/aromatic N) is 3. The number of anilines is 1. The average Bonchev–Trinajstić information content (AvgIpc) is 3.22. The third-order valence-electron chi connectivity index (χ3n) is 5.92. The zero-order chi connectivity index (χ0) is 24.5. The van der Waals surface area contributed by atoms with E-state index in [0.29, 0.717) is 38.3 Å². The van der Waals surface area contributed by atoms with Gasteiger partial charge in [0.25, 0.3) is 5.91 Å². The molecule has 180 valence electrons. The summed E-state index contributed by atoms with van der Waals surface area (Å²) in [6.07, 6.45) is -0.270. The first kappa shape index (κ1) is 23.6. The highest BCUT2D eigenvalue weighted by atomic mass is 16.6. The standard InChI is InChI=1S/C26H33N5O3/c1-6-27-24(32)19-8-7-17(2)21(15-19)18-9-10-20-22(16-18)28-29-23(20)30-11-13-31(14-12-30)25(33)34-26(3,4)5/h7-10,15-16H,6,11-14H2,1-5H3,(H,27,32)(H,28,29). The van der Waals surface area contributed by atoms with E-state index in [2.05, 4.69) is 38.6 Å². The lowest BCUT2D eigenvalue weighted by atomic mass is 9.97. The second-order valence-electron chi connectivity index (χ2n) is 9.65. The molecule has 1 fully saturated rings. The molecule has 2 N–H and O–H groups in total. The van der Waals surface area contributed by atoms with Crippen molar-refractivity contribution in [1.29, 1.82) is 0 Å². The van der Waals surface area contributed by atoms with Gasteiger partial charge in [0.1, 0.15) is 5.60 Å². The number of aromatic amines is 1. The second-order valence-corrected chi connectivity index (χ2v) is 9.65. The van der Waals surface area contributed by atoms with E-state index in [-0.39, 0.29) is 12.0 Å². The van der Waals surface area contributed by atoms with Gasteiger partial charge in [-0.2, -0.15) is 5.10 Å². The Kier molecular flexibility index (Phi) is 6.50. The van der Waals surface area contributed by atoms with Crippen molar-refractivity contribution in [3.63, 3.8) is 0 Å². The lowest BCUT2D eigenvalue weighted by Gasteiger charge is -2.35. The third kappa shape index (κ3) is 5.00. The van der Waals surface area contributed by atoms with Gasteiger partial charge in [-0.15, -0.1) is 0 Å². The molecular formula is C26H33N5O3. The lowest BCUT2D eigenvalue weighted by Crippen LogP contribution is -2.50. The maximum atomic E-state index is 12.4. The quantitative estimate of drug-likeness (QED) is 0.601. The van der Waals surface area contributed by atoms with Crippen LogP contribution in [0, 0.1) is 6.92 Å². The first-order chi connectivity index (χ1) is 16.2. The Morgan fingerprint density at radius 2 is 1.82 bits per heavy atom. The molecule has 8 heteroatoms. The van der Waals surface area contributed by atoms with E-state index in [1.54, 1.807) is 4.90 Å². The molecule has 2 amide bonds. The van der Waals surface area contributed by atoms with Crippen LogP contribution in [0.1, 0.15) is 43.6 Å². The minimum absolute atomic E-state index is 0.0702. The molecular weight excluding hydrogens is 430 g/mol. The molecule has 0 atom stereocenters. The highest BCUT2D eigenvalue weighted by Gasteiger charge is 2.27. The summed E-state index contributed by atoms with van der Waals surface area (Å²) < 4.78 is 5.50. The molecule has 34 heavy (non-hydrogen) atoms. The molecule has 0 unspecified atom stereocenters. The van der Waals surface area contributed by atoms with Crippen LogP contribution in [0.4, 0.5) is 10.6 Å². The predicted octanol–water partition coefficient (Wildman–Crippen LogP) is 4.35. The molecule has 1 aliphatic rings. The smallest absolute Gasteiger partial charge is 0.410 e. The van der Waals surface area contributed by atoms with Crippen molar-refractivity contribution in [3.8, 4) is 11.1 Å². The zero-order valence-corrected chi connectivity index (χ0v) is 20.6. The summed E-state index contributed by atoms with van der Waals surface area (Å²) in [5.41, 5.74) is 4.24. The zero-order valence-electron chi connectivity index (χ0n) is 20.6. The first-order valence-corrected chi connectivity index (χ1v) is 11.8. The Balaban J connectivity index is 1.52. The van der Waals surface area contributed by atoms with Crippen molar-refractivity contribution < 1.29 is 14.3 Å². The third-order valence-corrected chi connectivity index (χ3v) is 5.92. The summed E-state index contributed by atoms with van der Waals surface area (Å²) in [5.74, 6) is 0.817. The second kappa shape index (κ2) is 9.37. The van der Waals surface area contributed by atoms with E-state index in [0.717, 1.165) is 33.4 Å². The van der Waals surface area contributed by atoms with Crippen LogP contribution in [-0.2, 0) is 4.74 Å². The van der Waals surface area contributed by atoms with Gasteiger partial charge in [0.05, 0.1) is 5.52 Å². The molecule has 4 rings (SSSR count).